The third kappa shape index (κ3) is 3.36. The molecule has 0 saturated carbocycles. The SMILES string of the molecule is O=C(c1cccc2ccccc12)N1CCNc2ccc(-c3ccccc3)cc2C1. The van der Waals surface area contributed by atoms with Crippen LogP contribution in [0.3, 0.4) is 0 Å². The molecule has 4 aromatic rings. The van der Waals surface area contributed by atoms with Crippen molar-refractivity contribution < 1.29 is 4.79 Å². The smallest absolute Gasteiger partial charge is 0.254 e. The second kappa shape index (κ2) is 7.44. The molecule has 0 aromatic heterocycles. The molecule has 3 nitrogen and oxygen atoms in total. The maximum absolute atomic E-state index is 13.4. The molecule has 1 amide bonds. The number of rotatable bonds is 2. The van der Waals surface area contributed by atoms with E-state index in [-0.39, 0.29) is 5.91 Å². The Morgan fingerprint density at radius 1 is 0.793 bits per heavy atom. The Kier molecular flexibility index (Phi) is 4.49. The monoisotopic (exact) mass is 378 g/mol. The lowest BCUT2D eigenvalue weighted by molar-refractivity contribution is 0.0755. The predicted octanol–water partition coefficient (Wildman–Crippen LogP) is 5.57. The zero-order valence-corrected chi connectivity index (χ0v) is 16.1. The molecule has 0 aliphatic carbocycles. The molecule has 0 saturated heterocycles. The van der Waals surface area contributed by atoms with Gasteiger partial charge < -0.3 is 10.2 Å². The van der Waals surface area contributed by atoms with E-state index in [1.165, 1.54) is 11.1 Å². The number of amides is 1. The lowest BCUT2D eigenvalue weighted by atomic mass is 10.0. The van der Waals surface area contributed by atoms with Crippen molar-refractivity contribution in [2.75, 3.05) is 18.4 Å². The van der Waals surface area contributed by atoms with E-state index in [9.17, 15) is 4.79 Å². The normalized spacial score (nSPS) is 13.4. The van der Waals surface area contributed by atoms with E-state index in [2.05, 4.69) is 59.9 Å². The molecule has 5 rings (SSSR count). The number of hydrogen-bond donors (Lipinski definition) is 1. The van der Waals surface area contributed by atoms with Crippen molar-refractivity contribution in [1.29, 1.82) is 0 Å². The van der Waals surface area contributed by atoms with E-state index in [1.54, 1.807) is 0 Å². The summed E-state index contributed by atoms with van der Waals surface area (Å²) in [5.74, 6) is 0.0848. The van der Waals surface area contributed by atoms with Crippen molar-refractivity contribution in [3.05, 3.63) is 102 Å². The zero-order valence-electron chi connectivity index (χ0n) is 16.1. The third-order valence-corrected chi connectivity index (χ3v) is 5.58. The summed E-state index contributed by atoms with van der Waals surface area (Å²) in [5, 5.41) is 5.59. The van der Waals surface area contributed by atoms with Gasteiger partial charge in [-0.25, -0.2) is 0 Å². The molecule has 0 atom stereocenters. The fourth-order valence-electron chi connectivity index (χ4n) is 4.07. The second-order valence-corrected chi connectivity index (χ2v) is 7.42. The minimum Gasteiger partial charge on any atom is -0.383 e. The van der Waals surface area contributed by atoms with Gasteiger partial charge in [0.15, 0.2) is 0 Å². The molecule has 4 aromatic carbocycles. The van der Waals surface area contributed by atoms with Crippen LogP contribution in [-0.4, -0.2) is 23.9 Å². The molecule has 0 fully saturated rings. The Morgan fingerprint density at radius 3 is 2.48 bits per heavy atom. The van der Waals surface area contributed by atoms with Gasteiger partial charge in [-0.3, -0.25) is 4.79 Å². The summed E-state index contributed by atoms with van der Waals surface area (Å²) in [5.41, 5.74) is 5.39. The van der Waals surface area contributed by atoms with Crippen LogP contribution in [0, 0.1) is 0 Å². The molecule has 0 bridgehead atoms. The first-order valence-corrected chi connectivity index (χ1v) is 9.99. The van der Waals surface area contributed by atoms with Crippen LogP contribution in [0.4, 0.5) is 5.69 Å². The molecule has 0 radical (unpaired) electrons. The molecule has 29 heavy (non-hydrogen) atoms. The molecule has 0 unspecified atom stereocenters. The molecule has 3 heteroatoms. The quantitative estimate of drug-likeness (QED) is 0.494. The Hall–Kier alpha value is -3.59. The van der Waals surface area contributed by atoms with Gasteiger partial charge in [0.05, 0.1) is 0 Å². The summed E-state index contributed by atoms with van der Waals surface area (Å²) < 4.78 is 0. The minimum atomic E-state index is 0.0848. The second-order valence-electron chi connectivity index (χ2n) is 7.42. The summed E-state index contributed by atoms with van der Waals surface area (Å²) >= 11 is 0. The summed E-state index contributed by atoms with van der Waals surface area (Å²) in [6, 6.07) is 30.9. The van der Waals surface area contributed by atoms with Gasteiger partial charge in [0.1, 0.15) is 0 Å². The van der Waals surface area contributed by atoms with Crippen LogP contribution in [0.15, 0.2) is 91.0 Å². The summed E-state index contributed by atoms with van der Waals surface area (Å²) in [6.45, 7) is 2.02. The van der Waals surface area contributed by atoms with Gasteiger partial charge in [0.2, 0.25) is 0 Å². The molecule has 142 valence electrons. The van der Waals surface area contributed by atoms with E-state index in [4.69, 9.17) is 0 Å². The van der Waals surface area contributed by atoms with Crippen LogP contribution < -0.4 is 5.32 Å². The number of carbonyl (C=O) groups excluding carboxylic acids is 1. The zero-order chi connectivity index (χ0) is 19.6. The van der Waals surface area contributed by atoms with Crippen molar-refractivity contribution in [2.45, 2.75) is 6.54 Å². The highest BCUT2D eigenvalue weighted by atomic mass is 16.2. The van der Waals surface area contributed by atoms with Crippen LogP contribution >= 0.6 is 0 Å². The lowest BCUT2D eigenvalue weighted by Crippen LogP contribution is -2.32. The van der Waals surface area contributed by atoms with E-state index < -0.39 is 0 Å². The summed E-state index contributed by atoms with van der Waals surface area (Å²) in [6.07, 6.45) is 0. The Morgan fingerprint density at radius 2 is 1.59 bits per heavy atom. The van der Waals surface area contributed by atoms with E-state index in [0.717, 1.165) is 34.1 Å². The highest BCUT2D eigenvalue weighted by Gasteiger charge is 2.21. The number of fused-ring (bicyclic) bond motifs is 2. The molecular formula is C26H22N2O. The highest BCUT2D eigenvalue weighted by molar-refractivity contribution is 6.07. The van der Waals surface area contributed by atoms with Gasteiger partial charge >= 0.3 is 0 Å². The standard InChI is InChI=1S/C26H22N2O/c29-26(24-12-6-10-20-9-4-5-11-23(20)24)28-16-15-27-25-14-13-21(17-22(25)18-28)19-7-2-1-3-8-19/h1-14,17,27H,15-16,18H2. The van der Waals surface area contributed by atoms with Crippen LogP contribution in [0.1, 0.15) is 15.9 Å². The van der Waals surface area contributed by atoms with Gasteiger partial charge in [-0.05, 0) is 45.7 Å². The topological polar surface area (TPSA) is 32.3 Å². The van der Waals surface area contributed by atoms with Crippen LogP contribution in [0.2, 0.25) is 0 Å². The maximum atomic E-state index is 13.4. The first-order chi connectivity index (χ1) is 14.3. The Balaban J connectivity index is 1.50. The van der Waals surface area contributed by atoms with Crippen molar-refractivity contribution in [3.63, 3.8) is 0 Å². The van der Waals surface area contributed by atoms with Crippen LogP contribution in [0.25, 0.3) is 21.9 Å². The fourth-order valence-corrected chi connectivity index (χ4v) is 4.07. The van der Waals surface area contributed by atoms with Gasteiger partial charge in [-0.1, -0.05) is 72.8 Å². The third-order valence-electron chi connectivity index (χ3n) is 5.58. The molecule has 0 spiro atoms. The first-order valence-electron chi connectivity index (χ1n) is 9.99. The van der Waals surface area contributed by atoms with Crippen molar-refractivity contribution in [3.8, 4) is 11.1 Å². The van der Waals surface area contributed by atoms with E-state index >= 15 is 0 Å². The van der Waals surface area contributed by atoms with Crippen molar-refractivity contribution in [2.24, 2.45) is 0 Å². The number of benzene rings is 4. The molecule has 1 N–H and O–H groups in total. The van der Waals surface area contributed by atoms with Gasteiger partial charge in [0, 0.05) is 30.9 Å². The molecule has 1 aliphatic rings. The largest absolute Gasteiger partial charge is 0.383 e. The minimum absolute atomic E-state index is 0.0848. The summed E-state index contributed by atoms with van der Waals surface area (Å²) in [4.78, 5) is 15.4. The fraction of sp³-hybridized carbons (Fsp3) is 0.115. The molecular weight excluding hydrogens is 356 g/mol. The average molecular weight is 378 g/mol. The highest BCUT2D eigenvalue weighted by Crippen LogP contribution is 2.29. The Labute approximate surface area is 170 Å². The molecule has 1 heterocycles. The van der Waals surface area contributed by atoms with Crippen molar-refractivity contribution in [1.82, 2.24) is 4.90 Å². The lowest BCUT2D eigenvalue weighted by Gasteiger charge is -2.21. The number of nitrogens with zero attached hydrogens (tertiary/aromatic N) is 1. The number of carbonyl (C=O) groups is 1. The molecule has 1 aliphatic heterocycles. The van der Waals surface area contributed by atoms with Gasteiger partial charge in [0.25, 0.3) is 5.91 Å². The van der Waals surface area contributed by atoms with Crippen LogP contribution in [-0.2, 0) is 6.54 Å². The number of anilines is 1. The van der Waals surface area contributed by atoms with Gasteiger partial charge in [-0.2, -0.15) is 0 Å². The summed E-state index contributed by atoms with van der Waals surface area (Å²) in [7, 11) is 0. The van der Waals surface area contributed by atoms with Crippen molar-refractivity contribution >= 4 is 22.4 Å². The number of nitrogens with one attached hydrogen (secondary N) is 1. The average Bonchev–Trinajstić information content (AvgIpc) is 3.01. The van der Waals surface area contributed by atoms with E-state index in [0.29, 0.717) is 13.1 Å². The van der Waals surface area contributed by atoms with Crippen LogP contribution in [0.5, 0.6) is 0 Å². The maximum Gasteiger partial charge on any atom is 0.254 e. The van der Waals surface area contributed by atoms with E-state index in [1.807, 2.05) is 41.3 Å². The number of hydrogen-bond acceptors (Lipinski definition) is 2. The van der Waals surface area contributed by atoms with Gasteiger partial charge in [-0.15, -0.1) is 0 Å². The first kappa shape index (κ1) is 17.5. The Bertz CT molecular complexity index is 1180. The predicted molar refractivity (Wildman–Crippen MR) is 119 cm³/mol.